The molecule has 0 aromatic rings. The number of hydrogen-bond acceptors (Lipinski definition) is 1. The first-order valence-electron chi connectivity index (χ1n) is 3.21. The highest BCUT2D eigenvalue weighted by molar-refractivity contribution is 9.06. The minimum Gasteiger partial charge on any atom is -0.300 e. The van der Waals surface area contributed by atoms with E-state index in [9.17, 15) is 0 Å². The Morgan fingerprint density at radius 2 is 2.00 bits per heavy atom. The lowest BCUT2D eigenvalue weighted by Gasteiger charge is -2.04. The molecular weight excluding hydrogens is 192 g/mol. The first kappa shape index (κ1) is 7.76. The Labute approximate surface area is 69.5 Å². The third-order valence-corrected chi connectivity index (χ3v) is 1.76. The second-order valence-electron chi connectivity index (χ2n) is 2.06. The van der Waals surface area contributed by atoms with Crippen molar-refractivity contribution in [3.63, 3.8) is 0 Å². The van der Waals surface area contributed by atoms with Gasteiger partial charge >= 0.3 is 0 Å². The van der Waals surface area contributed by atoms with Crippen LogP contribution in [-0.4, -0.2) is 6.10 Å². The Kier molecular flexibility index (Phi) is 3.47. The summed E-state index contributed by atoms with van der Waals surface area (Å²) >= 11 is 2.96. The normalized spacial score (nSPS) is 33.9. The van der Waals surface area contributed by atoms with Gasteiger partial charge in [0, 0.05) is 0 Å². The molecule has 1 atom stereocenters. The summed E-state index contributed by atoms with van der Waals surface area (Å²) in [6, 6.07) is 0. The van der Waals surface area contributed by atoms with E-state index in [1.165, 1.54) is 0 Å². The van der Waals surface area contributed by atoms with Crippen molar-refractivity contribution in [3.8, 4) is 0 Å². The fourth-order valence-electron chi connectivity index (χ4n) is 0.752. The number of rotatable bonds is 1. The van der Waals surface area contributed by atoms with Gasteiger partial charge in [-0.25, -0.2) is 0 Å². The van der Waals surface area contributed by atoms with Crippen molar-refractivity contribution >= 4 is 16.3 Å². The second-order valence-corrected chi connectivity index (χ2v) is 2.44. The van der Waals surface area contributed by atoms with E-state index >= 15 is 0 Å². The average molecular weight is 201 g/mol. The fourth-order valence-corrected chi connectivity index (χ4v) is 1.03. The summed E-state index contributed by atoms with van der Waals surface area (Å²) < 4.78 is 4.97. The van der Waals surface area contributed by atoms with E-state index in [0.29, 0.717) is 0 Å². The van der Waals surface area contributed by atoms with Crippen LogP contribution >= 0.6 is 16.3 Å². The number of allylic oxidation sites excluding steroid dienone is 4. The van der Waals surface area contributed by atoms with Gasteiger partial charge in [-0.2, -0.15) is 0 Å². The highest BCUT2D eigenvalue weighted by Crippen LogP contribution is 2.07. The fraction of sp³-hybridized carbons (Fsp3) is 0.250. The van der Waals surface area contributed by atoms with Crippen molar-refractivity contribution in [2.24, 2.45) is 0 Å². The van der Waals surface area contributed by atoms with E-state index in [4.69, 9.17) is 3.83 Å². The van der Waals surface area contributed by atoms with Gasteiger partial charge in [0.25, 0.3) is 0 Å². The third kappa shape index (κ3) is 2.50. The van der Waals surface area contributed by atoms with Crippen LogP contribution in [0.2, 0.25) is 0 Å². The van der Waals surface area contributed by atoms with Crippen molar-refractivity contribution in [3.05, 3.63) is 36.5 Å². The van der Waals surface area contributed by atoms with Gasteiger partial charge in [0.05, 0.1) is 22.4 Å². The lowest BCUT2D eigenvalue weighted by atomic mass is 10.2. The Hall–Kier alpha value is -0.340. The molecule has 10 heavy (non-hydrogen) atoms. The topological polar surface area (TPSA) is 9.23 Å². The quantitative estimate of drug-likeness (QED) is 0.633. The Morgan fingerprint density at radius 1 is 1.20 bits per heavy atom. The van der Waals surface area contributed by atoms with Gasteiger partial charge < -0.3 is 3.83 Å². The van der Waals surface area contributed by atoms with Crippen LogP contribution in [0.4, 0.5) is 0 Å². The minimum absolute atomic E-state index is 0.168. The molecule has 0 heterocycles. The monoisotopic (exact) mass is 200 g/mol. The molecule has 0 radical (unpaired) electrons. The van der Waals surface area contributed by atoms with E-state index in [0.717, 1.165) is 6.42 Å². The number of halogens is 1. The Balaban J connectivity index is 2.55. The zero-order chi connectivity index (χ0) is 7.23. The molecule has 0 spiro atoms. The summed E-state index contributed by atoms with van der Waals surface area (Å²) in [5.74, 6) is 0. The molecule has 0 N–H and O–H groups in total. The minimum atomic E-state index is 0.168. The molecule has 0 bridgehead atoms. The maximum absolute atomic E-state index is 4.97. The van der Waals surface area contributed by atoms with Gasteiger partial charge in [-0.3, -0.25) is 0 Å². The van der Waals surface area contributed by atoms with Crippen LogP contribution in [0.3, 0.4) is 0 Å². The zero-order valence-electron chi connectivity index (χ0n) is 5.53. The van der Waals surface area contributed by atoms with Crippen molar-refractivity contribution in [2.75, 3.05) is 0 Å². The Bertz CT molecular complexity index is 170. The lowest BCUT2D eigenvalue weighted by molar-refractivity contribution is 0.320. The summed E-state index contributed by atoms with van der Waals surface area (Å²) in [5.41, 5.74) is 0. The van der Waals surface area contributed by atoms with Gasteiger partial charge in [-0.15, -0.1) is 0 Å². The van der Waals surface area contributed by atoms with Gasteiger partial charge in [0.2, 0.25) is 0 Å². The van der Waals surface area contributed by atoms with Crippen LogP contribution in [0.5, 0.6) is 0 Å². The molecule has 0 saturated carbocycles. The lowest BCUT2D eigenvalue weighted by Crippen LogP contribution is -2.01. The van der Waals surface area contributed by atoms with Crippen LogP contribution in [0, 0.1) is 0 Å². The molecule has 0 aliphatic heterocycles. The van der Waals surface area contributed by atoms with E-state index in [2.05, 4.69) is 22.3 Å². The highest BCUT2D eigenvalue weighted by atomic mass is 79.9. The molecule has 1 rings (SSSR count). The number of hydrogen-bond donors (Lipinski definition) is 0. The molecule has 0 aromatic carbocycles. The van der Waals surface area contributed by atoms with E-state index < -0.39 is 0 Å². The SMILES string of the molecule is BrOC1\C=C/C=C\C=C/C1. The summed E-state index contributed by atoms with van der Waals surface area (Å²) in [7, 11) is 0. The molecule has 1 aliphatic carbocycles. The van der Waals surface area contributed by atoms with Crippen LogP contribution in [0.25, 0.3) is 0 Å². The van der Waals surface area contributed by atoms with E-state index in [-0.39, 0.29) is 6.10 Å². The first-order valence-corrected chi connectivity index (χ1v) is 3.85. The van der Waals surface area contributed by atoms with E-state index in [1.54, 1.807) is 0 Å². The van der Waals surface area contributed by atoms with E-state index in [1.807, 2.05) is 30.4 Å². The van der Waals surface area contributed by atoms with Gasteiger partial charge in [0.15, 0.2) is 0 Å². The molecule has 1 aliphatic rings. The maximum atomic E-state index is 4.97. The van der Waals surface area contributed by atoms with Gasteiger partial charge in [-0.1, -0.05) is 36.5 Å². The van der Waals surface area contributed by atoms with Gasteiger partial charge in [-0.05, 0) is 6.42 Å². The average Bonchev–Trinajstić information content (AvgIpc) is 1.87. The smallest absolute Gasteiger partial charge is 0.0994 e. The summed E-state index contributed by atoms with van der Waals surface area (Å²) in [4.78, 5) is 0. The predicted octanol–water partition coefficient (Wildman–Crippen LogP) is 2.75. The van der Waals surface area contributed by atoms with Crippen LogP contribution in [-0.2, 0) is 3.83 Å². The molecular formula is C8H9BrO. The van der Waals surface area contributed by atoms with Crippen molar-refractivity contribution < 1.29 is 3.83 Å². The Morgan fingerprint density at radius 3 is 2.80 bits per heavy atom. The molecule has 54 valence electrons. The van der Waals surface area contributed by atoms with Crippen LogP contribution in [0.15, 0.2) is 36.5 Å². The van der Waals surface area contributed by atoms with Gasteiger partial charge in [0.1, 0.15) is 0 Å². The molecule has 0 fully saturated rings. The third-order valence-electron chi connectivity index (χ3n) is 1.28. The van der Waals surface area contributed by atoms with Crippen LogP contribution < -0.4 is 0 Å². The second kappa shape index (κ2) is 4.47. The molecule has 0 saturated heterocycles. The standard InChI is InChI=1S/C8H9BrO/c9-10-8-6-4-2-1-3-5-7-8/h1-6,8H,7H2/b2-1-,5-3-,6-4-. The maximum Gasteiger partial charge on any atom is 0.0994 e. The molecule has 1 nitrogen and oxygen atoms in total. The highest BCUT2D eigenvalue weighted by Gasteiger charge is 1.99. The molecule has 2 heteroatoms. The summed E-state index contributed by atoms with van der Waals surface area (Å²) in [5, 5.41) is 0. The first-order chi connectivity index (χ1) is 4.93. The van der Waals surface area contributed by atoms with Crippen molar-refractivity contribution in [1.82, 2.24) is 0 Å². The van der Waals surface area contributed by atoms with Crippen molar-refractivity contribution in [2.45, 2.75) is 12.5 Å². The molecule has 1 unspecified atom stereocenters. The predicted molar refractivity (Wildman–Crippen MR) is 45.8 cm³/mol. The zero-order valence-corrected chi connectivity index (χ0v) is 7.12. The molecule has 0 amide bonds. The summed E-state index contributed by atoms with van der Waals surface area (Å²) in [6.07, 6.45) is 13.2. The molecule has 0 aromatic heterocycles. The van der Waals surface area contributed by atoms with Crippen molar-refractivity contribution in [1.29, 1.82) is 0 Å². The van der Waals surface area contributed by atoms with Crippen LogP contribution in [0.1, 0.15) is 6.42 Å². The largest absolute Gasteiger partial charge is 0.300 e. The summed E-state index contributed by atoms with van der Waals surface area (Å²) in [6.45, 7) is 0.